The summed E-state index contributed by atoms with van der Waals surface area (Å²) in [6.07, 6.45) is -2.93. The highest BCUT2D eigenvalue weighted by atomic mass is 16.8. The van der Waals surface area contributed by atoms with Gasteiger partial charge in [0.05, 0.1) is 13.2 Å². The summed E-state index contributed by atoms with van der Waals surface area (Å²) in [5.41, 5.74) is 0. The molecule has 0 aromatic heterocycles. The van der Waals surface area contributed by atoms with Crippen LogP contribution in [0.25, 0.3) is 0 Å². The van der Waals surface area contributed by atoms with Crippen LogP contribution in [0.5, 0.6) is 0 Å². The summed E-state index contributed by atoms with van der Waals surface area (Å²) in [6, 6.07) is 0. The average Bonchev–Trinajstić information content (AvgIpc) is 2.85. The van der Waals surface area contributed by atoms with Gasteiger partial charge in [0.2, 0.25) is 0 Å². The zero-order valence-corrected chi connectivity index (χ0v) is 20.7. The van der Waals surface area contributed by atoms with Crippen LogP contribution in [0.2, 0.25) is 0 Å². The Kier molecular flexibility index (Phi) is 14.4. The SMILES string of the molecule is CCCCCCCCCCCCOCC1O[C@H](O[C@H]2OC(CO)[C@@H](O)C(O)[C@@H]2O)[C@@H](O)C(O)[C@@H]1O. The van der Waals surface area contributed by atoms with Gasteiger partial charge >= 0.3 is 0 Å². The Labute approximate surface area is 207 Å². The Morgan fingerprint density at radius 1 is 0.571 bits per heavy atom. The molecule has 2 heterocycles. The molecular formula is C24H46O11. The number of aliphatic hydroxyl groups excluding tert-OH is 7. The molecule has 208 valence electrons. The summed E-state index contributed by atoms with van der Waals surface area (Å²) >= 11 is 0. The zero-order chi connectivity index (χ0) is 25.8. The van der Waals surface area contributed by atoms with Gasteiger partial charge in [-0.2, -0.15) is 0 Å². The topological polar surface area (TPSA) is 179 Å². The molecule has 11 heteroatoms. The van der Waals surface area contributed by atoms with E-state index >= 15 is 0 Å². The fourth-order valence-electron chi connectivity index (χ4n) is 4.37. The quantitative estimate of drug-likeness (QED) is 0.134. The van der Waals surface area contributed by atoms with Gasteiger partial charge < -0.3 is 54.7 Å². The lowest BCUT2D eigenvalue weighted by atomic mass is 9.98. The maximum absolute atomic E-state index is 10.3. The second kappa shape index (κ2) is 16.4. The minimum atomic E-state index is -1.70. The summed E-state index contributed by atoms with van der Waals surface area (Å²) < 4.78 is 21.8. The number of hydrogen-bond donors (Lipinski definition) is 7. The molecule has 11 nitrogen and oxygen atoms in total. The summed E-state index contributed by atoms with van der Waals surface area (Å²) in [5, 5.41) is 69.9. The fraction of sp³-hybridized carbons (Fsp3) is 1.00. The van der Waals surface area contributed by atoms with Crippen molar-refractivity contribution in [3.05, 3.63) is 0 Å². The number of aliphatic hydroxyl groups is 7. The van der Waals surface area contributed by atoms with Crippen LogP contribution in [0.15, 0.2) is 0 Å². The first-order chi connectivity index (χ1) is 16.8. The summed E-state index contributed by atoms with van der Waals surface area (Å²) in [6.45, 7) is 1.98. The highest BCUT2D eigenvalue weighted by Crippen LogP contribution is 2.28. The van der Waals surface area contributed by atoms with Crippen molar-refractivity contribution in [3.63, 3.8) is 0 Å². The molecule has 2 fully saturated rings. The lowest BCUT2D eigenvalue weighted by Gasteiger charge is -2.44. The smallest absolute Gasteiger partial charge is 0.189 e. The third-order valence-electron chi connectivity index (χ3n) is 6.71. The van der Waals surface area contributed by atoms with E-state index in [4.69, 9.17) is 18.9 Å². The first kappa shape index (κ1) is 30.8. The van der Waals surface area contributed by atoms with Crippen molar-refractivity contribution in [2.45, 2.75) is 133 Å². The van der Waals surface area contributed by atoms with E-state index in [-0.39, 0.29) is 6.61 Å². The first-order valence-electron chi connectivity index (χ1n) is 13.0. The largest absolute Gasteiger partial charge is 0.394 e. The number of hydrogen-bond acceptors (Lipinski definition) is 11. The van der Waals surface area contributed by atoms with E-state index in [1.54, 1.807) is 0 Å². The molecule has 4 unspecified atom stereocenters. The average molecular weight is 511 g/mol. The van der Waals surface area contributed by atoms with Crippen LogP contribution in [-0.2, 0) is 18.9 Å². The number of ether oxygens (including phenoxy) is 4. The van der Waals surface area contributed by atoms with E-state index in [2.05, 4.69) is 6.92 Å². The molecule has 0 aromatic carbocycles. The highest BCUT2D eigenvalue weighted by molar-refractivity contribution is 4.92. The van der Waals surface area contributed by atoms with E-state index in [9.17, 15) is 35.7 Å². The van der Waals surface area contributed by atoms with Gasteiger partial charge in [-0.1, -0.05) is 64.7 Å². The van der Waals surface area contributed by atoms with Crippen molar-refractivity contribution < 1.29 is 54.7 Å². The second-order valence-electron chi connectivity index (χ2n) is 9.60. The number of rotatable bonds is 16. The van der Waals surface area contributed by atoms with Crippen LogP contribution < -0.4 is 0 Å². The van der Waals surface area contributed by atoms with Crippen LogP contribution >= 0.6 is 0 Å². The van der Waals surface area contributed by atoms with Gasteiger partial charge in [-0.05, 0) is 6.42 Å². The molecule has 0 radical (unpaired) electrons. The molecule has 0 aliphatic carbocycles. The van der Waals surface area contributed by atoms with Crippen molar-refractivity contribution in [3.8, 4) is 0 Å². The van der Waals surface area contributed by atoms with Crippen LogP contribution in [-0.4, -0.2) is 117 Å². The predicted molar refractivity (Wildman–Crippen MR) is 124 cm³/mol. The Balaban J connectivity index is 1.70. The standard InChI is InChI=1S/C24H46O11/c1-2-3-4-5-6-7-8-9-10-11-12-32-14-16-18(27)20(29)22(31)24(34-16)35-23-21(30)19(28)17(26)15(13-25)33-23/h15-31H,2-14H2,1H3/t15?,16?,17-,18-,19?,20?,21+,22+,23-,24-/m1/s1. The van der Waals surface area contributed by atoms with E-state index in [1.165, 1.54) is 44.9 Å². The third-order valence-corrected chi connectivity index (χ3v) is 6.71. The van der Waals surface area contributed by atoms with Crippen molar-refractivity contribution in [2.75, 3.05) is 19.8 Å². The lowest BCUT2D eigenvalue weighted by molar-refractivity contribution is -0.377. The molecule has 2 saturated heterocycles. The molecule has 0 bridgehead atoms. The first-order valence-corrected chi connectivity index (χ1v) is 13.0. The molecule has 0 saturated carbocycles. The maximum Gasteiger partial charge on any atom is 0.189 e. The molecule has 2 rings (SSSR count). The summed E-state index contributed by atoms with van der Waals surface area (Å²) in [4.78, 5) is 0. The van der Waals surface area contributed by atoms with Crippen molar-refractivity contribution >= 4 is 0 Å². The molecule has 35 heavy (non-hydrogen) atoms. The zero-order valence-electron chi connectivity index (χ0n) is 20.7. The molecule has 7 N–H and O–H groups in total. The van der Waals surface area contributed by atoms with Crippen molar-refractivity contribution in [1.29, 1.82) is 0 Å². The van der Waals surface area contributed by atoms with Gasteiger partial charge in [0.15, 0.2) is 12.6 Å². The molecule has 0 amide bonds. The fourth-order valence-corrected chi connectivity index (χ4v) is 4.37. The van der Waals surface area contributed by atoms with Gasteiger partial charge in [0.1, 0.15) is 48.8 Å². The normalized spacial score (nSPS) is 38.1. The van der Waals surface area contributed by atoms with Crippen LogP contribution in [0.4, 0.5) is 0 Å². The van der Waals surface area contributed by atoms with Crippen LogP contribution in [0.3, 0.4) is 0 Å². The Morgan fingerprint density at radius 3 is 1.54 bits per heavy atom. The van der Waals surface area contributed by atoms with E-state index in [0.717, 1.165) is 19.3 Å². The molecule has 0 aromatic rings. The van der Waals surface area contributed by atoms with Gasteiger partial charge in [-0.15, -0.1) is 0 Å². The molecular weight excluding hydrogens is 464 g/mol. The Bertz CT molecular complexity index is 552. The van der Waals surface area contributed by atoms with Gasteiger partial charge in [-0.3, -0.25) is 0 Å². The maximum atomic E-state index is 10.3. The second-order valence-corrected chi connectivity index (χ2v) is 9.60. The van der Waals surface area contributed by atoms with Crippen molar-refractivity contribution in [2.24, 2.45) is 0 Å². The molecule has 2 aliphatic heterocycles. The lowest BCUT2D eigenvalue weighted by Crippen LogP contribution is -2.63. The minimum Gasteiger partial charge on any atom is -0.394 e. The van der Waals surface area contributed by atoms with Gasteiger partial charge in [-0.25, -0.2) is 0 Å². The van der Waals surface area contributed by atoms with E-state index < -0.39 is 68.0 Å². The third kappa shape index (κ3) is 9.42. The van der Waals surface area contributed by atoms with Gasteiger partial charge in [0.25, 0.3) is 0 Å². The van der Waals surface area contributed by atoms with E-state index in [1.807, 2.05) is 0 Å². The summed E-state index contributed by atoms with van der Waals surface area (Å²) in [7, 11) is 0. The monoisotopic (exact) mass is 510 g/mol. The minimum absolute atomic E-state index is 0.0447. The highest BCUT2D eigenvalue weighted by Gasteiger charge is 2.49. The Morgan fingerprint density at radius 2 is 1.03 bits per heavy atom. The van der Waals surface area contributed by atoms with Crippen molar-refractivity contribution in [1.82, 2.24) is 0 Å². The molecule has 10 atom stereocenters. The summed E-state index contributed by atoms with van der Waals surface area (Å²) in [5.74, 6) is 0. The Hall–Kier alpha value is -0.440. The van der Waals surface area contributed by atoms with Gasteiger partial charge in [0, 0.05) is 6.61 Å². The van der Waals surface area contributed by atoms with E-state index in [0.29, 0.717) is 6.61 Å². The van der Waals surface area contributed by atoms with Crippen LogP contribution in [0, 0.1) is 0 Å². The predicted octanol–water partition coefficient (Wildman–Crippen LogP) is -0.452. The number of unbranched alkanes of at least 4 members (excludes halogenated alkanes) is 9. The van der Waals surface area contributed by atoms with Crippen LogP contribution in [0.1, 0.15) is 71.1 Å². The molecule has 2 aliphatic rings. The molecule has 0 spiro atoms.